The molecule has 0 aromatic rings. The average Bonchev–Trinajstić information content (AvgIpc) is 2.25. The monoisotopic (exact) mass is 254 g/mol. The number of hydrogen-bond acceptors (Lipinski definition) is 2. The summed E-state index contributed by atoms with van der Waals surface area (Å²) in [6, 6.07) is 1.57. The van der Waals surface area contributed by atoms with Crippen LogP contribution in [0.25, 0.3) is 0 Å². The minimum Gasteiger partial charge on any atom is -0.326 e. The smallest absolute Gasteiger partial charge is 0.0252 e. The molecule has 1 aliphatic carbocycles. The normalized spacial score (nSPS) is 30.2. The van der Waals surface area contributed by atoms with Crippen molar-refractivity contribution in [2.24, 2.45) is 17.1 Å². The number of nitrogens with two attached hydrogens (primary N) is 1. The minimum atomic E-state index is 0.373. The van der Waals surface area contributed by atoms with E-state index in [1.807, 2.05) is 0 Å². The van der Waals surface area contributed by atoms with Gasteiger partial charge < -0.3 is 5.73 Å². The molecule has 0 radical (unpaired) electrons. The summed E-state index contributed by atoms with van der Waals surface area (Å²) >= 11 is 0. The molecule has 0 bridgehead atoms. The molecule has 1 aliphatic rings. The molecule has 0 aromatic heterocycles. The van der Waals surface area contributed by atoms with Crippen molar-refractivity contribution in [2.75, 3.05) is 6.54 Å². The molecule has 2 heteroatoms. The van der Waals surface area contributed by atoms with Gasteiger partial charge in [0.2, 0.25) is 0 Å². The summed E-state index contributed by atoms with van der Waals surface area (Å²) in [6.07, 6.45) is 5.00. The van der Waals surface area contributed by atoms with E-state index in [1.165, 1.54) is 32.2 Å². The zero-order valence-corrected chi connectivity index (χ0v) is 13.4. The molecule has 1 rings (SSSR count). The Morgan fingerprint density at radius 3 is 2.28 bits per heavy atom. The molecule has 0 amide bonds. The largest absolute Gasteiger partial charge is 0.326 e. The van der Waals surface area contributed by atoms with Crippen molar-refractivity contribution in [1.82, 2.24) is 4.90 Å². The quantitative estimate of drug-likeness (QED) is 0.830. The molecule has 1 fully saturated rings. The van der Waals surface area contributed by atoms with Crippen molar-refractivity contribution in [3.63, 3.8) is 0 Å². The third-order valence-electron chi connectivity index (χ3n) is 4.66. The number of rotatable bonds is 4. The second kappa shape index (κ2) is 6.38. The summed E-state index contributed by atoms with van der Waals surface area (Å²) in [5.74, 6) is 0.820. The van der Waals surface area contributed by atoms with Crippen molar-refractivity contribution in [3.05, 3.63) is 0 Å². The van der Waals surface area contributed by atoms with Gasteiger partial charge in [0.15, 0.2) is 0 Å². The fraction of sp³-hybridized carbons (Fsp3) is 1.00. The van der Waals surface area contributed by atoms with Crippen molar-refractivity contribution < 1.29 is 0 Å². The van der Waals surface area contributed by atoms with Crippen LogP contribution in [0.15, 0.2) is 0 Å². The third-order valence-corrected chi connectivity index (χ3v) is 4.66. The lowest BCUT2D eigenvalue weighted by atomic mass is 9.69. The van der Waals surface area contributed by atoms with Gasteiger partial charge in [-0.15, -0.1) is 0 Å². The van der Waals surface area contributed by atoms with Gasteiger partial charge in [0.05, 0.1) is 0 Å². The van der Waals surface area contributed by atoms with Crippen LogP contribution in [0.2, 0.25) is 0 Å². The van der Waals surface area contributed by atoms with Crippen LogP contribution in [0.5, 0.6) is 0 Å². The molecule has 0 aromatic carbocycles. The minimum absolute atomic E-state index is 0.373. The molecular weight excluding hydrogens is 220 g/mol. The van der Waals surface area contributed by atoms with Crippen molar-refractivity contribution >= 4 is 0 Å². The lowest BCUT2D eigenvalue weighted by molar-refractivity contribution is 0.0510. The van der Waals surface area contributed by atoms with Gasteiger partial charge >= 0.3 is 0 Å². The Morgan fingerprint density at radius 1 is 1.22 bits per heavy atom. The fourth-order valence-electron chi connectivity index (χ4n) is 3.40. The summed E-state index contributed by atoms with van der Waals surface area (Å²) < 4.78 is 0. The molecule has 0 saturated heterocycles. The Hall–Kier alpha value is -0.0800. The summed E-state index contributed by atoms with van der Waals surface area (Å²) in [5.41, 5.74) is 6.84. The first-order valence-corrected chi connectivity index (χ1v) is 7.78. The lowest BCUT2D eigenvalue weighted by Gasteiger charge is -2.46. The molecule has 3 unspecified atom stereocenters. The van der Waals surface area contributed by atoms with Gasteiger partial charge in [-0.25, -0.2) is 0 Å². The van der Waals surface area contributed by atoms with Crippen LogP contribution in [-0.2, 0) is 0 Å². The molecule has 18 heavy (non-hydrogen) atoms. The van der Waals surface area contributed by atoms with Crippen LogP contribution in [0.4, 0.5) is 0 Å². The van der Waals surface area contributed by atoms with E-state index >= 15 is 0 Å². The van der Waals surface area contributed by atoms with Gasteiger partial charge in [-0.3, -0.25) is 4.90 Å². The van der Waals surface area contributed by atoms with E-state index in [0.717, 1.165) is 5.92 Å². The van der Waals surface area contributed by atoms with Gasteiger partial charge in [0, 0.05) is 18.1 Å². The molecule has 0 heterocycles. The Kier molecular flexibility index (Phi) is 5.67. The maximum absolute atomic E-state index is 6.41. The molecule has 0 aliphatic heterocycles. The van der Waals surface area contributed by atoms with Crippen LogP contribution in [-0.4, -0.2) is 29.6 Å². The Morgan fingerprint density at radius 2 is 1.83 bits per heavy atom. The van der Waals surface area contributed by atoms with E-state index in [9.17, 15) is 0 Å². The third kappa shape index (κ3) is 3.96. The van der Waals surface area contributed by atoms with Crippen LogP contribution in [0.3, 0.4) is 0 Å². The standard InChI is InChI=1S/C16H34N2/c1-7-10-18(12(2)3)15-11-13(16(4,5)6)8-9-14(15)17/h12-15H,7-11,17H2,1-6H3. The average molecular weight is 254 g/mol. The predicted molar refractivity (Wildman–Crippen MR) is 80.7 cm³/mol. The van der Waals surface area contributed by atoms with Crippen LogP contribution in [0, 0.1) is 11.3 Å². The van der Waals surface area contributed by atoms with Crippen LogP contribution in [0.1, 0.15) is 67.2 Å². The highest BCUT2D eigenvalue weighted by atomic mass is 15.2. The van der Waals surface area contributed by atoms with Gasteiger partial charge in [-0.05, 0) is 57.4 Å². The highest BCUT2D eigenvalue weighted by Gasteiger charge is 2.37. The first-order valence-electron chi connectivity index (χ1n) is 7.78. The predicted octanol–water partition coefficient (Wildman–Crippen LogP) is 3.65. The summed E-state index contributed by atoms with van der Waals surface area (Å²) in [7, 11) is 0. The van der Waals surface area contributed by atoms with Crippen molar-refractivity contribution in [3.8, 4) is 0 Å². The maximum atomic E-state index is 6.41. The summed E-state index contributed by atoms with van der Waals surface area (Å²) in [5, 5.41) is 0. The molecule has 3 atom stereocenters. The second-order valence-corrected chi connectivity index (χ2v) is 7.44. The Bertz CT molecular complexity index is 242. The van der Waals surface area contributed by atoms with E-state index < -0.39 is 0 Å². The summed E-state index contributed by atoms with van der Waals surface area (Å²) in [4.78, 5) is 2.64. The molecule has 108 valence electrons. The van der Waals surface area contributed by atoms with E-state index in [2.05, 4.69) is 46.4 Å². The van der Waals surface area contributed by atoms with Gasteiger partial charge in [-0.1, -0.05) is 27.7 Å². The van der Waals surface area contributed by atoms with E-state index in [-0.39, 0.29) is 0 Å². The fourth-order valence-corrected chi connectivity index (χ4v) is 3.40. The van der Waals surface area contributed by atoms with Gasteiger partial charge in [0.1, 0.15) is 0 Å². The Labute approximate surface area is 114 Å². The van der Waals surface area contributed by atoms with Gasteiger partial charge in [0.25, 0.3) is 0 Å². The first-order chi connectivity index (χ1) is 8.27. The topological polar surface area (TPSA) is 29.3 Å². The molecule has 1 saturated carbocycles. The van der Waals surface area contributed by atoms with Crippen LogP contribution < -0.4 is 5.73 Å². The highest BCUT2D eigenvalue weighted by molar-refractivity contribution is 4.93. The van der Waals surface area contributed by atoms with Crippen molar-refractivity contribution in [2.45, 2.75) is 85.4 Å². The van der Waals surface area contributed by atoms with Crippen LogP contribution >= 0.6 is 0 Å². The molecular formula is C16H34N2. The highest BCUT2D eigenvalue weighted by Crippen LogP contribution is 2.39. The summed E-state index contributed by atoms with van der Waals surface area (Å²) in [6.45, 7) is 15.2. The molecule has 0 spiro atoms. The lowest BCUT2D eigenvalue weighted by Crippen LogP contribution is -2.54. The van der Waals surface area contributed by atoms with Crippen molar-refractivity contribution in [1.29, 1.82) is 0 Å². The molecule has 2 N–H and O–H groups in total. The SMILES string of the molecule is CCCN(C(C)C)C1CC(C(C)(C)C)CCC1N. The molecule has 2 nitrogen and oxygen atoms in total. The Balaban J connectivity index is 2.77. The van der Waals surface area contributed by atoms with E-state index in [0.29, 0.717) is 23.5 Å². The first kappa shape index (κ1) is 16.0. The van der Waals surface area contributed by atoms with E-state index in [4.69, 9.17) is 5.73 Å². The van der Waals surface area contributed by atoms with Gasteiger partial charge in [-0.2, -0.15) is 0 Å². The van der Waals surface area contributed by atoms with E-state index in [1.54, 1.807) is 0 Å². The number of nitrogens with zero attached hydrogens (tertiary/aromatic N) is 1. The number of hydrogen-bond donors (Lipinski definition) is 1. The second-order valence-electron chi connectivity index (χ2n) is 7.44. The maximum Gasteiger partial charge on any atom is 0.0252 e. The zero-order valence-electron chi connectivity index (χ0n) is 13.4. The zero-order chi connectivity index (χ0) is 13.9.